The molecule has 1 aromatic rings. The van der Waals surface area contributed by atoms with Crippen LogP contribution >= 0.6 is 0 Å². The van der Waals surface area contributed by atoms with E-state index in [2.05, 4.69) is 23.7 Å². The summed E-state index contributed by atoms with van der Waals surface area (Å²) in [6.07, 6.45) is 7.08. The Hall–Kier alpha value is -1.65. The second-order valence-electron chi connectivity index (χ2n) is 7.03. The Morgan fingerprint density at radius 2 is 1.57 bits per heavy atom. The smallest absolute Gasteiger partial charge is 0.272 e. The van der Waals surface area contributed by atoms with Crippen molar-refractivity contribution in [3.8, 4) is 0 Å². The molecular weight excluding hydrogens is 288 g/mol. The van der Waals surface area contributed by atoms with E-state index < -0.39 is 0 Å². The molecular formula is C18H28N4O. The highest BCUT2D eigenvalue weighted by Crippen LogP contribution is 2.22. The highest BCUT2D eigenvalue weighted by molar-refractivity contribution is 5.92. The van der Waals surface area contributed by atoms with Crippen molar-refractivity contribution in [2.24, 2.45) is 0 Å². The normalized spacial score (nSPS) is 19.3. The predicted octanol–water partition coefficient (Wildman–Crippen LogP) is 3.22. The zero-order chi connectivity index (χ0) is 16.2. The van der Waals surface area contributed by atoms with E-state index in [1.54, 1.807) is 0 Å². The van der Waals surface area contributed by atoms with Gasteiger partial charge in [-0.25, -0.2) is 9.97 Å². The van der Waals surface area contributed by atoms with Gasteiger partial charge in [-0.2, -0.15) is 0 Å². The van der Waals surface area contributed by atoms with Gasteiger partial charge in [0.25, 0.3) is 5.91 Å². The fourth-order valence-corrected chi connectivity index (χ4v) is 3.35. The Balaban J connectivity index is 1.88. The molecule has 0 aliphatic carbocycles. The van der Waals surface area contributed by atoms with Crippen LogP contribution in [0.1, 0.15) is 74.5 Å². The van der Waals surface area contributed by atoms with E-state index in [1.165, 1.54) is 25.7 Å². The molecule has 2 fully saturated rings. The Kier molecular flexibility index (Phi) is 5.13. The highest BCUT2D eigenvalue weighted by atomic mass is 16.2. The van der Waals surface area contributed by atoms with E-state index in [0.29, 0.717) is 11.6 Å². The summed E-state index contributed by atoms with van der Waals surface area (Å²) in [7, 11) is 0. The molecule has 3 heterocycles. The summed E-state index contributed by atoms with van der Waals surface area (Å²) in [5.74, 6) is 1.12. The monoisotopic (exact) mass is 316 g/mol. The molecule has 0 atom stereocenters. The van der Waals surface area contributed by atoms with Gasteiger partial charge >= 0.3 is 0 Å². The molecule has 0 radical (unpaired) electrons. The first-order valence-electron chi connectivity index (χ1n) is 9.08. The van der Waals surface area contributed by atoms with Crippen molar-refractivity contribution in [1.82, 2.24) is 14.9 Å². The average Bonchev–Trinajstić information content (AvgIpc) is 2.62. The van der Waals surface area contributed by atoms with Crippen LogP contribution in [0.25, 0.3) is 0 Å². The number of aromatic nitrogens is 2. The first kappa shape index (κ1) is 16.2. The zero-order valence-corrected chi connectivity index (χ0v) is 14.4. The van der Waals surface area contributed by atoms with Crippen molar-refractivity contribution < 1.29 is 4.79 Å². The maximum Gasteiger partial charge on any atom is 0.272 e. The van der Waals surface area contributed by atoms with Crippen LogP contribution in [-0.4, -0.2) is 47.0 Å². The fraction of sp³-hybridized carbons (Fsp3) is 0.722. The second-order valence-corrected chi connectivity index (χ2v) is 7.03. The molecule has 5 heteroatoms. The van der Waals surface area contributed by atoms with Gasteiger partial charge in [0.05, 0.1) is 0 Å². The van der Waals surface area contributed by atoms with Crippen molar-refractivity contribution >= 4 is 11.9 Å². The van der Waals surface area contributed by atoms with E-state index in [1.807, 2.05) is 11.0 Å². The van der Waals surface area contributed by atoms with Gasteiger partial charge in [0.15, 0.2) is 0 Å². The lowest BCUT2D eigenvalue weighted by atomic mass is 10.1. The van der Waals surface area contributed by atoms with Crippen LogP contribution in [0, 0.1) is 0 Å². The molecule has 0 N–H and O–H groups in total. The van der Waals surface area contributed by atoms with Crippen LogP contribution < -0.4 is 4.90 Å². The Labute approximate surface area is 139 Å². The fourth-order valence-electron chi connectivity index (χ4n) is 3.35. The molecule has 1 amide bonds. The van der Waals surface area contributed by atoms with Crippen molar-refractivity contribution in [3.63, 3.8) is 0 Å². The third-order valence-electron chi connectivity index (χ3n) is 4.83. The van der Waals surface area contributed by atoms with Crippen molar-refractivity contribution in [2.75, 3.05) is 31.1 Å². The minimum Gasteiger partial charge on any atom is -0.341 e. The summed E-state index contributed by atoms with van der Waals surface area (Å²) in [5, 5.41) is 0. The number of amides is 1. The van der Waals surface area contributed by atoms with Gasteiger partial charge in [0.2, 0.25) is 5.95 Å². The number of rotatable bonds is 3. The first-order chi connectivity index (χ1) is 11.1. The van der Waals surface area contributed by atoms with Crippen molar-refractivity contribution in [3.05, 3.63) is 17.5 Å². The summed E-state index contributed by atoms with van der Waals surface area (Å²) in [6.45, 7) is 7.96. The number of nitrogens with zero attached hydrogens (tertiary/aromatic N) is 4. The Morgan fingerprint density at radius 3 is 2.17 bits per heavy atom. The standard InChI is InChI=1S/C18H28N4O/c1-14(2)15-13-16(17(23)21-9-5-3-6-10-21)20-18(19-15)22-11-7-4-8-12-22/h13-14H,3-12H2,1-2H3. The molecule has 0 saturated carbocycles. The highest BCUT2D eigenvalue weighted by Gasteiger charge is 2.23. The molecule has 2 saturated heterocycles. The van der Waals surface area contributed by atoms with Crippen LogP contribution in [0.2, 0.25) is 0 Å². The number of piperidine rings is 2. The number of anilines is 1. The third-order valence-corrected chi connectivity index (χ3v) is 4.83. The lowest BCUT2D eigenvalue weighted by Gasteiger charge is -2.29. The molecule has 0 aromatic carbocycles. The van der Waals surface area contributed by atoms with Gasteiger partial charge < -0.3 is 9.80 Å². The summed E-state index contributed by atoms with van der Waals surface area (Å²) in [4.78, 5) is 26.4. The number of hydrogen-bond acceptors (Lipinski definition) is 4. The molecule has 1 aromatic heterocycles. The minimum absolute atomic E-state index is 0.0762. The lowest BCUT2D eigenvalue weighted by molar-refractivity contribution is 0.0718. The summed E-state index contributed by atoms with van der Waals surface area (Å²) >= 11 is 0. The summed E-state index contributed by atoms with van der Waals surface area (Å²) in [6, 6.07) is 1.90. The van der Waals surface area contributed by atoms with Gasteiger partial charge in [-0.1, -0.05) is 13.8 Å². The molecule has 3 rings (SSSR count). The van der Waals surface area contributed by atoms with E-state index in [-0.39, 0.29) is 5.91 Å². The van der Waals surface area contributed by atoms with Gasteiger partial charge in [-0.3, -0.25) is 4.79 Å². The van der Waals surface area contributed by atoms with Crippen LogP contribution in [0.5, 0.6) is 0 Å². The molecule has 2 aliphatic heterocycles. The number of carbonyl (C=O) groups excluding carboxylic acids is 1. The maximum atomic E-state index is 12.8. The quantitative estimate of drug-likeness (QED) is 0.859. The van der Waals surface area contributed by atoms with Crippen LogP contribution in [0.15, 0.2) is 6.07 Å². The molecule has 5 nitrogen and oxygen atoms in total. The molecule has 0 spiro atoms. The number of hydrogen-bond donors (Lipinski definition) is 0. The molecule has 2 aliphatic rings. The maximum absolute atomic E-state index is 12.8. The van der Waals surface area contributed by atoms with Crippen LogP contribution in [-0.2, 0) is 0 Å². The molecule has 126 valence electrons. The molecule has 0 bridgehead atoms. The van der Waals surface area contributed by atoms with Gasteiger partial charge in [0.1, 0.15) is 5.69 Å². The SMILES string of the molecule is CC(C)c1cc(C(=O)N2CCCCC2)nc(N2CCCCC2)n1. The summed E-state index contributed by atoms with van der Waals surface area (Å²) < 4.78 is 0. The van der Waals surface area contributed by atoms with Crippen molar-refractivity contribution in [2.45, 2.75) is 58.3 Å². The largest absolute Gasteiger partial charge is 0.341 e. The Bertz CT molecular complexity index is 546. The van der Waals surface area contributed by atoms with E-state index in [0.717, 1.165) is 50.7 Å². The number of carbonyl (C=O) groups is 1. The minimum atomic E-state index is 0.0762. The Morgan fingerprint density at radius 1 is 0.957 bits per heavy atom. The first-order valence-corrected chi connectivity index (χ1v) is 9.08. The van der Waals surface area contributed by atoms with E-state index in [9.17, 15) is 4.79 Å². The molecule has 23 heavy (non-hydrogen) atoms. The predicted molar refractivity (Wildman–Crippen MR) is 91.9 cm³/mol. The third kappa shape index (κ3) is 3.82. The topological polar surface area (TPSA) is 49.3 Å². The molecule has 0 unspecified atom stereocenters. The summed E-state index contributed by atoms with van der Waals surface area (Å²) in [5.41, 5.74) is 1.55. The van der Waals surface area contributed by atoms with E-state index >= 15 is 0 Å². The zero-order valence-electron chi connectivity index (χ0n) is 14.4. The van der Waals surface area contributed by atoms with Crippen LogP contribution in [0.3, 0.4) is 0 Å². The van der Waals surface area contributed by atoms with E-state index in [4.69, 9.17) is 4.98 Å². The van der Waals surface area contributed by atoms with Gasteiger partial charge in [-0.15, -0.1) is 0 Å². The second kappa shape index (κ2) is 7.28. The average molecular weight is 316 g/mol. The lowest BCUT2D eigenvalue weighted by Crippen LogP contribution is -2.37. The van der Waals surface area contributed by atoms with Crippen molar-refractivity contribution in [1.29, 1.82) is 0 Å². The number of likely N-dealkylation sites (tertiary alicyclic amines) is 1. The van der Waals surface area contributed by atoms with Gasteiger partial charge in [0, 0.05) is 31.9 Å². The van der Waals surface area contributed by atoms with Crippen LogP contribution in [0.4, 0.5) is 5.95 Å². The van der Waals surface area contributed by atoms with Gasteiger partial charge in [-0.05, 0) is 50.5 Å².